The van der Waals surface area contributed by atoms with Crippen LogP contribution in [0.3, 0.4) is 0 Å². The predicted octanol–water partition coefficient (Wildman–Crippen LogP) is 3.59. The first-order valence-electron chi connectivity index (χ1n) is 4.95. The maximum absolute atomic E-state index is 13.2. The molecule has 1 aromatic rings. The van der Waals surface area contributed by atoms with Gasteiger partial charge in [-0.3, -0.25) is 5.32 Å². The highest BCUT2D eigenvalue weighted by atomic mass is 19.2. The van der Waals surface area contributed by atoms with Crippen molar-refractivity contribution >= 4 is 11.8 Å². The number of amides is 1. The lowest BCUT2D eigenvalue weighted by atomic mass is 10.2. The highest BCUT2D eigenvalue weighted by molar-refractivity contribution is 5.85. The lowest BCUT2D eigenvalue weighted by molar-refractivity contribution is 0.0634. The highest BCUT2D eigenvalue weighted by Gasteiger charge is 2.23. The minimum atomic E-state index is -1.69. The van der Waals surface area contributed by atoms with Crippen LogP contribution in [0.15, 0.2) is 6.07 Å². The summed E-state index contributed by atoms with van der Waals surface area (Å²) in [4.78, 5) is 11.2. The molecule has 1 rings (SSSR count). The largest absolute Gasteiger partial charge is 0.444 e. The SMILES string of the molecule is CC(C)(C)OC(=O)Nc1c(F)c(F)cc(F)c1F. The molecular formula is C11H11F4NO2. The van der Waals surface area contributed by atoms with Gasteiger partial charge < -0.3 is 4.74 Å². The molecule has 0 aromatic heterocycles. The standard InChI is InChI=1S/C11H11F4NO2/c1-11(2,3)18-10(17)16-9-7(14)5(12)4-6(13)8(9)15/h4H,1-3H3,(H,16,17). The molecule has 0 aliphatic carbocycles. The van der Waals surface area contributed by atoms with Crippen LogP contribution in [-0.2, 0) is 4.74 Å². The number of rotatable bonds is 1. The van der Waals surface area contributed by atoms with Gasteiger partial charge in [-0.15, -0.1) is 0 Å². The van der Waals surface area contributed by atoms with Crippen molar-refractivity contribution in [3.8, 4) is 0 Å². The first-order chi connectivity index (χ1) is 8.11. The predicted molar refractivity (Wildman–Crippen MR) is 56.1 cm³/mol. The molecule has 0 fully saturated rings. The van der Waals surface area contributed by atoms with Gasteiger partial charge in [-0.25, -0.2) is 22.4 Å². The summed E-state index contributed by atoms with van der Waals surface area (Å²) < 4.78 is 56.7. The van der Waals surface area contributed by atoms with Gasteiger partial charge >= 0.3 is 6.09 Å². The zero-order valence-corrected chi connectivity index (χ0v) is 9.91. The van der Waals surface area contributed by atoms with Crippen molar-refractivity contribution < 1.29 is 27.1 Å². The minimum absolute atomic E-state index is 0.0466. The summed E-state index contributed by atoms with van der Waals surface area (Å²) in [6.45, 7) is 4.56. The van der Waals surface area contributed by atoms with Gasteiger partial charge in [0.2, 0.25) is 0 Å². The van der Waals surface area contributed by atoms with E-state index in [9.17, 15) is 22.4 Å². The van der Waals surface area contributed by atoms with Crippen LogP contribution in [0.25, 0.3) is 0 Å². The molecule has 0 aliphatic heterocycles. The number of hydrogen-bond donors (Lipinski definition) is 1. The fourth-order valence-corrected chi connectivity index (χ4v) is 1.09. The van der Waals surface area contributed by atoms with Gasteiger partial charge in [0, 0.05) is 6.07 Å². The summed E-state index contributed by atoms with van der Waals surface area (Å²) in [6, 6.07) is 0.0466. The van der Waals surface area contributed by atoms with Crippen LogP contribution in [0, 0.1) is 23.3 Å². The molecule has 0 saturated carbocycles. The van der Waals surface area contributed by atoms with Crippen LogP contribution >= 0.6 is 0 Å². The Morgan fingerprint density at radius 2 is 1.56 bits per heavy atom. The zero-order chi connectivity index (χ0) is 14.1. The van der Waals surface area contributed by atoms with E-state index in [1.165, 1.54) is 20.8 Å². The van der Waals surface area contributed by atoms with Crippen molar-refractivity contribution in [3.05, 3.63) is 29.3 Å². The van der Waals surface area contributed by atoms with E-state index >= 15 is 0 Å². The van der Waals surface area contributed by atoms with Crippen molar-refractivity contribution in [1.29, 1.82) is 0 Å². The van der Waals surface area contributed by atoms with Crippen LogP contribution in [-0.4, -0.2) is 11.7 Å². The lowest BCUT2D eigenvalue weighted by Gasteiger charge is -2.20. The summed E-state index contributed by atoms with van der Waals surface area (Å²) >= 11 is 0. The van der Waals surface area contributed by atoms with Gasteiger partial charge in [-0.05, 0) is 20.8 Å². The van der Waals surface area contributed by atoms with Crippen LogP contribution in [0.2, 0.25) is 0 Å². The Bertz CT molecular complexity index is 457. The molecule has 1 aromatic carbocycles. The van der Waals surface area contributed by atoms with E-state index < -0.39 is 40.7 Å². The molecule has 100 valence electrons. The van der Waals surface area contributed by atoms with E-state index in [-0.39, 0.29) is 6.07 Å². The normalized spacial score (nSPS) is 11.3. The van der Waals surface area contributed by atoms with E-state index in [1.54, 1.807) is 5.32 Å². The number of carbonyl (C=O) groups excluding carboxylic acids is 1. The molecule has 18 heavy (non-hydrogen) atoms. The smallest absolute Gasteiger partial charge is 0.412 e. The third-order valence-electron chi connectivity index (χ3n) is 1.74. The highest BCUT2D eigenvalue weighted by Crippen LogP contribution is 2.24. The summed E-state index contributed by atoms with van der Waals surface area (Å²) in [5.41, 5.74) is -2.13. The minimum Gasteiger partial charge on any atom is -0.444 e. The molecule has 0 radical (unpaired) electrons. The molecule has 0 unspecified atom stereocenters. The maximum Gasteiger partial charge on any atom is 0.412 e. The second-order valence-electron chi connectivity index (χ2n) is 4.47. The number of anilines is 1. The summed E-state index contributed by atoms with van der Waals surface area (Å²) in [5, 5.41) is 1.63. The summed E-state index contributed by atoms with van der Waals surface area (Å²) in [6.07, 6.45) is -1.22. The average Bonchev–Trinajstić information content (AvgIpc) is 2.19. The van der Waals surface area contributed by atoms with Gasteiger partial charge in [0.1, 0.15) is 11.3 Å². The van der Waals surface area contributed by atoms with Gasteiger partial charge in [0.15, 0.2) is 23.3 Å². The van der Waals surface area contributed by atoms with E-state index in [2.05, 4.69) is 0 Å². The molecule has 0 heterocycles. The molecule has 0 bridgehead atoms. The van der Waals surface area contributed by atoms with Crippen LogP contribution in [0.1, 0.15) is 20.8 Å². The summed E-state index contributed by atoms with van der Waals surface area (Å²) in [7, 11) is 0. The number of nitrogens with one attached hydrogen (secondary N) is 1. The molecule has 1 amide bonds. The van der Waals surface area contributed by atoms with Crippen molar-refractivity contribution in [2.75, 3.05) is 5.32 Å². The molecule has 0 spiro atoms. The molecule has 7 heteroatoms. The summed E-state index contributed by atoms with van der Waals surface area (Å²) in [5.74, 6) is -6.61. The van der Waals surface area contributed by atoms with Crippen LogP contribution in [0.5, 0.6) is 0 Å². The van der Waals surface area contributed by atoms with Gasteiger partial charge in [-0.2, -0.15) is 0 Å². The molecule has 1 N–H and O–H groups in total. The van der Waals surface area contributed by atoms with Gasteiger partial charge in [0.05, 0.1) is 0 Å². The Kier molecular flexibility index (Phi) is 3.83. The number of carbonyl (C=O) groups is 1. The molecule has 0 atom stereocenters. The zero-order valence-electron chi connectivity index (χ0n) is 9.91. The fourth-order valence-electron chi connectivity index (χ4n) is 1.09. The Hall–Kier alpha value is -1.79. The first-order valence-corrected chi connectivity index (χ1v) is 4.95. The third kappa shape index (κ3) is 3.35. The number of benzene rings is 1. The quantitative estimate of drug-likeness (QED) is 0.622. The number of halogens is 4. The maximum atomic E-state index is 13.2. The van der Waals surface area contributed by atoms with E-state index in [0.717, 1.165) is 0 Å². The molecule has 3 nitrogen and oxygen atoms in total. The Balaban J connectivity index is 3.01. The van der Waals surface area contributed by atoms with Crippen molar-refractivity contribution in [3.63, 3.8) is 0 Å². The van der Waals surface area contributed by atoms with Crippen molar-refractivity contribution in [1.82, 2.24) is 0 Å². The Morgan fingerprint density at radius 1 is 1.11 bits per heavy atom. The molecule has 0 saturated heterocycles. The second-order valence-corrected chi connectivity index (χ2v) is 4.47. The Morgan fingerprint density at radius 3 is 1.94 bits per heavy atom. The van der Waals surface area contributed by atoms with Crippen molar-refractivity contribution in [2.24, 2.45) is 0 Å². The van der Waals surface area contributed by atoms with Crippen LogP contribution in [0.4, 0.5) is 28.0 Å². The monoisotopic (exact) mass is 265 g/mol. The van der Waals surface area contributed by atoms with Crippen molar-refractivity contribution in [2.45, 2.75) is 26.4 Å². The number of ether oxygens (including phenoxy) is 1. The average molecular weight is 265 g/mol. The van der Waals surface area contributed by atoms with E-state index in [0.29, 0.717) is 0 Å². The number of hydrogen-bond acceptors (Lipinski definition) is 2. The topological polar surface area (TPSA) is 38.3 Å². The van der Waals surface area contributed by atoms with Gasteiger partial charge in [-0.1, -0.05) is 0 Å². The lowest BCUT2D eigenvalue weighted by Crippen LogP contribution is -2.28. The molecular weight excluding hydrogens is 254 g/mol. The molecule has 0 aliphatic rings. The third-order valence-corrected chi connectivity index (χ3v) is 1.74. The fraction of sp³-hybridized carbons (Fsp3) is 0.364. The van der Waals surface area contributed by atoms with Gasteiger partial charge in [0.25, 0.3) is 0 Å². The van der Waals surface area contributed by atoms with E-state index in [4.69, 9.17) is 4.74 Å². The first kappa shape index (κ1) is 14.3. The second kappa shape index (κ2) is 4.83. The Labute approximate surface area is 101 Å². The van der Waals surface area contributed by atoms with E-state index in [1.807, 2.05) is 0 Å². The van der Waals surface area contributed by atoms with Crippen LogP contribution < -0.4 is 5.32 Å².